The Labute approximate surface area is 141 Å². The first kappa shape index (κ1) is 17.1. The summed E-state index contributed by atoms with van der Waals surface area (Å²) in [5.41, 5.74) is 0.859. The van der Waals surface area contributed by atoms with Crippen molar-refractivity contribution in [1.29, 1.82) is 0 Å². The third kappa shape index (κ3) is 3.40. The molecule has 7 heteroatoms. The van der Waals surface area contributed by atoms with Gasteiger partial charge in [-0.2, -0.15) is 0 Å². The van der Waals surface area contributed by atoms with Gasteiger partial charge in [0, 0.05) is 0 Å². The Hall–Kier alpha value is -0.695. The Kier molecular flexibility index (Phi) is 4.70. The summed E-state index contributed by atoms with van der Waals surface area (Å²) >= 11 is 1.58. The molecule has 3 heterocycles. The lowest BCUT2D eigenvalue weighted by Gasteiger charge is -2.32. The highest BCUT2D eigenvalue weighted by Crippen LogP contribution is 2.39. The Balaban J connectivity index is 1.77. The molecule has 2 aliphatic heterocycles. The van der Waals surface area contributed by atoms with Crippen molar-refractivity contribution < 1.29 is 23.9 Å². The molecule has 0 unspecified atom stereocenters. The van der Waals surface area contributed by atoms with Crippen molar-refractivity contribution in [3.63, 3.8) is 0 Å². The van der Waals surface area contributed by atoms with Gasteiger partial charge in [0.1, 0.15) is 0 Å². The van der Waals surface area contributed by atoms with Crippen LogP contribution in [0.3, 0.4) is 0 Å². The molecular weight excluding hydrogens is 315 g/mol. The van der Waals surface area contributed by atoms with Crippen molar-refractivity contribution in [2.75, 3.05) is 19.8 Å². The summed E-state index contributed by atoms with van der Waals surface area (Å²) in [5.74, 6) is 0. The molecule has 2 aliphatic rings. The zero-order valence-electron chi connectivity index (χ0n) is 14.0. The lowest BCUT2D eigenvalue weighted by Crippen LogP contribution is -2.41. The first-order valence-electron chi connectivity index (χ1n) is 7.81. The van der Waals surface area contributed by atoms with E-state index in [-0.39, 0.29) is 12.9 Å². The molecule has 1 aromatic rings. The predicted octanol–water partition coefficient (Wildman–Crippen LogP) is 2.80. The Morgan fingerprint density at radius 2 is 1.87 bits per heavy atom. The van der Waals surface area contributed by atoms with Gasteiger partial charge in [0.15, 0.2) is 6.29 Å². The number of thiophene rings is 1. The van der Waals surface area contributed by atoms with Crippen LogP contribution in [-0.4, -0.2) is 43.2 Å². The minimum absolute atomic E-state index is 0.113. The van der Waals surface area contributed by atoms with Gasteiger partial charge in [0.25, 0.3) is 0 Å². The van der Waals surface area contributed by atoms with Crippen LogP contribution in [-0.2, 0) is 18.8 Å². The van der Waals surface area contributed by atoms with Gasteiger partial charge in [0.05, 0.1) is 35.9 Å². The van der Waals surface area contributed by atoms with Crippen molar-refractivity contribution >= 4 is 24.5 Å². The smallest absolute Gasteiger partial charge is 0.400 e. The number of rotatable bonds is 4. The molecule has 0 radical (unpaired) electrons. The van der Waals surface area contributed by atoms with Crippen LogP contribution in [0.2, 0.25) is 0 Å². The molecule has 2 fully saturated rings. The van der Waals surface area contributed by atoms with Crippen LogP contribution in [0.1, 0.15) is 44.4 Å². The summed E-state index contributed by atoms with van der Waals surface area (Å²) in [6, 6.07) is 2.02. The standard InChI is InChI=1S/C16H23BO5S/c1-15(2)16(3,4)22-17(21-15)12(9-18)7-11-8-13(23-10-11)14-19-5-6-20-14/h7-8,10,14,18H,5-6,9H2,1-4H3. The SMILES string of the molecule is CC1(C)OB(C(=Cc2csc(C3OCCO3)c2)CO)OC1(C)C. The van der Waals surface area contributed by atoms with E-state index >= 15 is 0 Å². The van der Waals surface area contributed by atoms with E-state index in [4.69, 9.17) is 18.8 Å². The average Bonchev–Trinajstić information content (AvgIpc) is 3.17. The molecular formula is C16H23BO5S. The van der Waals surface area contributed by atoms with Gasteiger partial charge in [-0.3, -0.25) is 0 Å². The van der Waals surface area contributed by atoms with Crippen molar-refractivity contribution in [3.05, 3.63) is 27.4 Å². The fourth-order valence-corrected chi connectivity index (χ4v) is 3.35. The van der Waals surface area contributed by atoms with E-state index < -0.39 is 18.3 Å². The molecule has 0 bridgehead atoms. The quantitative estimate of drug-likeness (QED) is 0.856. The summed E-state index contributed by atoms with van der Waals surface area (Å²) < 4.78 is 23.0. The van der Waals surface area contributed by atoms with E-state index in [0.29, 0.717) is 18.7 Å². The minimum Gasteiger partial charge on any atom is -0.400 e. The highest BCUT2D eigenvalue weighted by atomic mass is 32.1. The van der Waals surface area contributed by atoms with Gasteiger partial charge in [0.2, 0.25) is 0 Å². The molecule has 0 aromatic carbocycles. The van der Waals surface area contributed by atoms with Crippen molar-refractivity contribution in [1.82, 2.24) is 0 Å². The topological polar surface area (TPSA) is 57.2 Å². The Morgan fingerprint density at radius 1 is 1.26 bits per heavy atom. The van der Waals surface area contributed by atoms with Gasteiger partial charge in [-0.1, -0.05) is 6.08 Å². The summed E-state index contributed by atoms with van der Waals surface area (Å²) in [6.07, 6.45) is 1.65. The zero-order chi connectivity index (χ0) is 16.7. The maximum atomic E-state index is 9.73. The van der Waals surface area contributed by atoms with Crippen LogP contribution < -0.4 is 0 Å². The van der Waals surface area contributed by atoms with Gasteiger partial charge < -0.3 is 23.9 Å². The third-order valence-electron chi connectivity index (χ3n) is 4.58. The van der Waals surface area contributed by atoms with Crippen LogP contribution >= 0.6 is 11.3 Å². The van der Waals surface area contributed by atoms with E-state index in [0.717, 1.165) is 10.4 Å². The highest BCUT2D eigenvalue weighted by molar-refractivity contribution is 7.10. The van der Waals surface area contributed by atoms with Gasteiger partial charge in [-0.25, -0.2) is 0 Å². The molecule has 5 nitrogen and oxygen atoms in total. The van der Waals surface area contributed by atoms with Gasteiger partial charge in [-0.15, -0.1) is 11.3 Å². The molecule has 1 aromatic heterocycles. The fourth-order valence-electron chi connectivity index (χ4n) is 2.49. The van der Waals surface area contributed by atoms with Crippen molar-refractivity contribution in [2.45, 2.75) is 45.2 Å². The van der Waals surface area contributed by atoms with Crippen LogP contribution in [0, 0.1) is 0 Å². The van der Waals surface area contributed by atoms with Crippen molar-refractivity contribution in [2.24, 2.45) is 0 Å². The molecule has 23 heavy (non-hydrogen) atoms. The normalized spacial score (nSPS) is 24.6. The third-order valence-corrected chi connectivity index (χ3v) is 5.56. The molecule has 126 valence electrons. The highest BCUT2D eigenvalue weighted by Gasteiger charge is 2.52. The fraction of sp³-hybridized carbons (Fsp3) is 0.625. The Bertz CT molecular complexity index is 573. The molecule has 0 spiro atoms. The van der Waals surface area contributed by atoms with Crippen LogP contribution in [0.15, 0.2) is 16.9 Å². The minimum atomic E-state index is -0.535. The number of aliphatic hydroxyl groups is 1. The van der Waals surface area contributed by atoms with E-state index in [2.05, 4.69) is 0 Å². The van der Waals surface area contributed by atoms with E-state index in [9.17, 15) is 5.11 Å². The largest absolute Gasteiger partial charge is 0.492 e. The second kappa shape index (κ2) is 6.31. The van der Waals surface area contributed by atoms with Gasteiger partial charge >= 0.3 is 7.12 Å². The zero-order valence-corrected chi connectivity index (χ0v) is 14.8. The van der Waals surface area contributed by atoms with Crippen LogP contribution in [0.4, 0.5) is 0 Å². The second-order valence-corrected chi connectivity index (χ2v) is 7.76. The first-order chi connectivity index (χ1) is 10.8. The molecule has 3 rings (SSSR count). The number of hydrogen-bond donors (Lipinski definition) is 1. The Morgan fingerprint density at radius 3 is 2.43 bits per heavy atom. The van der Waals surface area contributed by atoms with E-state index in [1.54, 1.807) is 11.3 Å². The van der Waals surface area contributed by atoms with Crippen molar-refractivity contribution in [3.8, 4) is 0 Å². The molecule has 0 saturated carbocycles. The summed E-state index contributed by atoms with van der Waals surface area (Å²) in [7, 11) is -0.535. The maximum absolute atomic E-state index is 9.73. The molecule has 0 amide bonds. The number of ether oxygens (including phenoxy) is 2. The summed E-state index contributed by atoms with van der Waals surface area (Å²) in [6.45, 7) is 9.14. The monoisotopic (exact) mass is 338 g/mol. The number of hydrogen-bond acceptors (Lipinski definition) is 6. The molecule has 2 saturated heterocycles. The lowest BCUT2D eigenvalue weighted by atomic mass is 9.78. The molecule has 1 N–H and O–H groups in total. The van der Waals surface area contributed by atoms with Crippen LogP contribution in [0.25, 0.3) is 6.08 Å². The summed E-state index contributed by atoms with van der Waals surface area (Å²) in [4.78, 5) is 1.03. The first-order valence-corrected chi connectivity index (χ1v) is 8.69. The summed E-state index contributed by atoms with van der Waals surface area (Å²) in [5, 5.41) is 11.7. The average molecular weight is 338 g/mol. The predicted molar refractivity (Wildman–Crippen MR) is 90.1 cm³/mol. The molecule has 0 aliphatic carbocycles. The van der Waals surface area contributed by atoms with Gasteiger partial charge in [-0.05, 0) is 50.2 Å². The van der Waals surface area contributed by atoms with E-state index in [1.165, 1.54) is 0 Å². The number of aliphatic hydroxyl groups excluding tert-OH is 1. The van der Waals surface area contributed by atoms with E-state index in [1.807, 2.05) is 45.2 Å². The van der Waals surface area contributed by atoms with Crippen LogP contribution in [0.5, 0.6) is 0 Å². The molecule has 0 atom stereocenters. The maximum Gasteiger partial charge on any atom is 0.492 e. The lowest BCUT2D eigenvalue weighted by molar-refractivity contribution is -0.0413. The second-order valence-electron chi connectivity index (χ2n) is 6.82.